The molecular formula is C24H26FN3OS. The lowest BCUT2D eigenvalue weighted by Crippen LogP contribution is -2.44. The van der Waals surface area contributed by atoms with Gasteiger partial charge in [0.25, 0.3) is 5.56 Å². The highest BCUT2D eigenvalue weighted by Crippen LogP contribution is 2.25. The third kappa shape index (κ3) is 4.54. The molecule has 6 heteroatoms. The van der Waals surface area contributed by atoms with Crippen molar-refractivity contribution in [2.45, 2.75) is 51.6 Å². The molecule has 1 aromatic heterocycles. The summed E-state index contributed by atoms with van der Waals surface area (Å²) in [6.45, 7) is 2.44. The Bertz CT molecular complexity index is 1100. The highest BCUT2D eigenvalue weighted by molar-refractivity contribution is 7.80. The molecule has 0 amide bonds. The molecule has 3 aromatic rings. The zero-order valence-electron chi connectivity index (χ0n) is 17.1. The predicted octanol–water partition coefficient (Wildman–Crippen LogP) is 5.51. The van der Waals surface area contributed by atoms with E-state index in [1.54, 1.807) is 12.1 Å². The van der Waals surface area contributed by atoms with E-state index < -0.39 is 0 Å². The zero-order chi connectivity index (χ0) is 21.1. The van der Waals surface area contributed by atoms with Crippen LogP contribution >= 0.6 is 12.2 Å². The Balaban J connectivity index is 1.63. The average Bonchev–Trinajstić information content (AvgIpc) is 2.75. The first kappa shape index (κ1) is 20.5. The number of nitrogens with one attached hydrogen (secondary N) is 2. The Hall–Kier alpha value is -2.73. The van der Waals surface area contributed by atoms with Gasteiger partial charge < -0.3 is 15.2 Å². The van der Waals surface area contributed by atoms with Gasteiger partial charge in [-0.2, -0.15) is 0 Å². The number of fused-ring (bicyclic) bond motifs is 1. The molecular weight excluding hydrogens is 397 g/mol. The number of pyridine rings is 1. The maximum Gasteiger partial charge on any atom is 0.253 e. The molecule has 30 heavy (non-hydrogen) atoms. The topological polar surface area (TPSA) is 48.1 Å². The smallest absolute Gasteiger partial charge is 0.253 e. The second-order valence-corrected chi connectivity index (χ2v) is 8.41. The van der Waals surface area contributed by atoms with Crippen LogP contribution in [0.25, 0.3) is 10.9 Å². The van der Waals surface area contributed by atoms with Gasteiger partial charge in [-0.3, -0.25) is 4.79 Å². The number of nitrogens with zero attached hydrogens (tertiary/aromatic N) is 1. The van der Waals surface area contributed by atoms with Crippen molar-refractivity contribution in [2.24, 2.45) is 0 Å². The minimum absolute atomic E-state index is 0.0813. The molecule has 4 rings (SSSR count). The maximum absolute atomic E-state index is 13.3. The number of para-hydroxylation sites is 1. The molecule has 0 radical (unpaired) electrons. The molecule has 1 saturated carbocycles. The third-order valence-electron chi connectivity index (χ3n) is 5.88. The molecule has 0 unspecified atom stereocenters. The fourth-order valence-corrected chi connectivity index (χ4v) is 4.55. The number of aromatic amines is 1. The van der Waals surface area contributed by atoms with Crippen molar-refractivity contribution in [3.05, 3.63) is 75.8 Å². The molecule has 1 heterocycles. The number of hydrogen-bond donors (Lipinski definition) is 2. The molecule has 2 aromatic carbocycles. The number of hydrogen-bond acceptors (Lipinski definition) is 2. The van der Waals surface area contributed by atoms with E-state index in [-0.39, 0.29) is 17.4 Å². The summed E-state index contributed by atoms with van der Waals surface area (Å²) in [5.41, 5.74) is 3.28. The largest absolute Gasteiger partial charge is 0.342 e. The number of thiocarbonyl (C=S) groups is 1. The van der Waals surface area contributed by atoms with Crippen molar-refractivity contribution in [1.29, 1.82) is 0 Å². The number of H-pyrrole nitrogens is 1. The first-order valence-corrected chi connectivity index (χ1v) is 10.9. The van der Waals surface area contributed by atoms with Crippen LogP contribution in [0.15, 0.2) is 53.3 Å². The summed E-state index contributed by atoms with van der Waals surface area (Å²) in [6, 6.07) is 14.4. The molecule has 0 spiro atoms. The van der Waals surface area contributed by atoms with E-state index in [0.717, 1.165) is 47.8 Å². The molecule has 1 aliphatic carbocycles. The first-order chi connectivity index (χ1) is 14.5. The lowest BCUT2D eigenvalue weighted by atomic mass is 9.94. The summed E-state index contributed by atoms with van der Waals surface area (Å²) in [5.74, 6) is -0.284. The Morgan fingerprint density at radius 2 is 1.90 bits per heavy atom. The Kier molecular flexibility index (Phi) is 6.13. The van der Waals surface area contributed by atoms with Gasteiger partial charge in [0.1, 0.15) is 5.82 Å². The fraction of sp³-hybridized carbons (Fsp3) is 0.333. The molecule has 4 nitrogen and oxygen atoms in total. The molecule has 0 atom stereocenters. The molecule has 0 saturated heterocycles. The van der Waals surface area contributed by atoms with Crippen LogP contribution in [0.5, 0.6) is 0 Å². The van der Waals surface area contributed by atoms with E-state index in [4.69, 9.17) is 12.2 Å². The number of aromatic nitrogens is 1. The molecule has 0 aliphatic heterocycles. The number of halogens is 1. The van der Waals surface area contributed by atoms with Crippen molar-refractivity contribution >= 4 is 33.9 Å². The molecule has 156 valence electrons. The molecule has 2 N–H and O–H groups in total. The lowest BCUT2D eigenvalue weighted by Gasteiger charge is -2.36. The van der Waals surface area contributed by atoms with Crippen LogP contribution in [0.4, 0.5) is 10.1 Å². The number of anilines is 1. The molecule has 1 fully saturated rings. The highest BCUT2D eigenvalue weighted by Gasteiger charge is 2.24. The Labute approximate surface area is 181 Å². The lowest BCUT2D eigenvalue weighted by molar-refractivity contribution is 0.240. The summed E-state index contributed by atoms with van der Waals surface area (Å²) < 4.78 is 13.3. The maximum atomic E-state index is 13.3. The normalized spacial score (nSPS) is 14.6. The fourth-order valence-electron chi connectivity index (χ4n) is 4.22. The summed E-state index contributed by atoms with van der Waals surface area (Å²) in [6.07, 6.45) is 5.66. The van der Waals surface area contributed by atoms with Crippen molar-refractivity contribution in [3.63, 3.8) is 0 Å². The van der Waals surface area contributed by atoms with Gasteiger partial charge in [-0.05, 0) is 73.3 Å². The monoisotopic (exact) mass is 423 g/mol. The van der Waals surface area contributed by atoms with Crippen molar-refractivity contribution in [2.75, 3.05) is 5.32 Å². The summed E-state index contributed by atoms with van der Waals surface area (Å²) >= 11 is 5.74. The van der Waals surface area contributed by atoms with E-state index in [0.29, 0.717) is 17.2 Å². The second-order valence-electron chi connectivity index (χ2n) is 8.02. The summed E-state index contributed by atoms with van der Waals surface area (Å²) in [4.78, 5) is 18.0. The average molecular weight is 424 g/mol. The van der Waals surface area contributed by atoms with Gasteiger partial charge in [-0.15, -0.1) is 0 Å². The van der Waals surface area contributed by atoms with Crippen LogP contribution in [0.1, 0.15) is 43.2 Å². The van der Waals surface area contributed by atoms with Crippen LogP contribution < -0.4 is 10.9 Å². The van der Waals surface area contributed by atoms with E-state index in [1.807, 2.05) is 31.2 Å². The quantitative estimate of drug-likeness (QED) is 0.544. The van der Waals surface area contributed by atoms with E-state index in [9.17, 15) is 9.18 Å². The Morgan fingerprint density at radius 3 is 2.63 bits per heavy atom. The van der Waals surface area contributed by atoms with Gasteiger partial charge in [0.05, 0.1) is 12.1 Å². The minimum atomic E-state index is -0.284. The van der Waals surface area contributed by atoms with Crippen molar-refractivity contribution in [1.82, 2.24) is 9.88 Å². The van der Waals surface area contributed by atoms with Gasteiger partial charge in [-0.25, -0.2) is 4.39 Å². The standard InChI is InChI=1S/C24H26FN3OS/c1-16-6-5-7-17-14-18(23(29)27-22(16)17)15-28(21-8-3-2-4-9-21)24(30)26-20-12-10-19(25)11-13-20/h5-7,10-14,21H,2-4,8-9,15H2,1H3,(H,26,30)(H,27,29). The third-order valence-corrected chi connectivity index (χ3v) is 6.21. The number of rotatable bonds is 4. The van der Waals surface area contributed by atoms with Gasteiger partial charge in [0.15, 0.2) is 5.11 Å². The number of aryl methyl sites for hydroxylation is 1. The Morgan fingerprint density at radius 1 is 1.17 bits per heavy atom. The van der Waals surface area contributed by atoms with Crippen LogP contribution in [-0.4, -0.2) is 21.0 Å². The van der Waals surface area contributed by atoms with Crippen LogP contribution in [0.2, 0.25) is 0 Å². The zero-order valence-corrected chi connectivity index (χ0v) is 17.9. The van der Waals surface area contributed by atoms with E-state index >= 15 is 0 Å². The number of benzene rings is 2. The second kappa shape index (κ2) is 8.96. The highest BCUT2D eigenvalue weighted by atomic mass is 32.1. The van der Waals surface area contributed by atoms with Crippen molar-refractivity contribution < 1.29 is 4.39 Å². The summed E-state index contributed by atoms with van der Waals surface area (Å²) in [5, 5.41) is 4.82. The van der Waals surface area contributed by atoms with Gasteiger partial charge >= 0.3 is 0 Å². The first-order valence-electron chi connectivity index (χ1n) is 10.5. The predicted molar refractivity (Wildman–Crippen MR) is 124 cm³/mol. The van der Waals surface area contributed by atoms with Crippen LogP contribution in [-0.2, 0) is 6.54 Å². The van der Waals surface area contributed by atoms with E-state index in [2.05, 4.69) is 15.2 Å². The summed E-state index contributed by atoms with van der Waals surface area (Å²) in [7, 11) is 0. The van der Waals surface area contributed by atoms with Crippen LogP contribution in [0.3, 0.4) is 0 Å². The van der Waals surface area contributed by atoms with Gasteiger partial charge in [0.2, 0.25) is 0 Å². The van der Waals surface area contributed by atoms with E-state index in [1.165, 1.54) is 18.6 Å². The van der Waals surface area contributed by atoms with Crippen LogP contribution in [0, 0.1) is 12.7 Å². The SMILES string of the molecule is Cc1cccc2cc(CN(C(=S)Nc3ccc(F)cc3)C3CCCCC3)c(=O)[nH]c12. The van der Waals surface area contributed by atoms with Crippen molar-refractivity contribution in [3.8, 4) is 0 Å². The molecule has 0 bridgehead atoms. The minimum Gasteiger partial charge on any atom is -0.342 e. The van der Waals surface area contributed by atoms with Gasteiger partial charge in [-0.1, -0.05) is 37.5 Å². The van der Waals surface area contributed by atoms with Gasteiger partial charge in [0, 0.05) is 17.3 Å². The molecule has 1 aliphatic rings.